The van der Waals surface area contributed by atoms with Crippen LogP contribution in [0.4, 0.5) is 0 Å². The molecular formula is C17H21ClN2O2S. The summed E-state index contributed by atoms with van der Waals surface area (Å²) in [5.41, 5.74) is 0.548. The third kappa shape index (κ3) is 3.83. The zero-order valence-corrected chi connectivity index (χ0v) is 14.6. The highest BCUT2D eigenvalue weighted by Crippen LogP contribution is 2.24. The molecule has 0 radical (unpaired) electrons. The lowest BCUT2D eigenvalue weighted by atomic mass is 9.94. The summed E-state index contributed by atoms with van der Waals surface area (Å²) in [7, 11) is 0. The van der Waals surface area contributed by atoms with Crippen LogP contribution in [-0.4, -0.2) is 59.3 Å². The van der Waals surface area contributed by atoms with Gasteiger partial charge in [0.05, 0.1) is 10.6 Å². The van der Waals surface area contributed by atoms with Crippen molar-refractivity contribution in [3.8, 4) is 0 Å². The average molecular weight is 353 g/mol. The fourth-order valence-electron chi connectivity index (χ4n) is 3.18. The number of hydrogen-bond donors (Lipinski definition) is 0. The minimum atomic E-state index is -0.0316. The Balaban J connectivity index is 1.57. The molecule has 1 aromatic rings. The largest absolute Gasteiger partial charge is 0.341 e. The number of piperidine rings is 1. The molecular weight excluding hydrogens is 332 g/mol. The zero-order chi connectivity index (χ0) is 16.2. The maximum atomic E-state index is 12.5. The van der Waals surface area contributed by atoms with Gasteiger partial charge in [-0.2, -0.15) is 11.8 Å². The highest BCUT2D eigenvalue weighted by Gasteiger charge is 2.31. The van der Waals surface area contributed by atoms with Gasteiger partial charge in [-0.1, -0.05) is 23.7 Å². The van der Waals surface area contributed by atoms with Crippen molar-refractivity contribution in [2.24, 2.45) is 5.92 Å². The van der Waals surface area contributed by atoms with E-state index in [1.54, 1.807) is 12.1 Å². The molecule has 2 aliphatic heterocycles. The number of carbonyl (C=O) groups excluding carboxylic acids is 2. The van der Waals surface area contributed by atoms with Crippen LogP contribution in [0.25, 0.3) is 0 Å². The predicted molar refractivity (Wildman–Crippen MR) is 94.0 cm³/mol. The molecule has 0 unspecified atom stereocenters. The van der Waals surface area contributed by atoms with Crippen LogP contribution in [0.15, 0.2) is 24.3 Å². The molecule has 124 valence electrons. The van der Waals surface area contributed by atoms with Gasteiger partial charge in [0.2, 0.25) is 5.91 Å². The number of nitrogens with zero attached hydrogens (tertiary/aromatic N) is 2. The lowest BCUT2D eigenvalue weighted by molar-refractivity contribution is -0.136. The first-order chi connectivity index (χ1) is 11.2. The molecule has 0 spiro atoms. The van der Waals surface area contributed by atoms with Gasteiger partial charge in [-0.3, -0.25) is 9.59 Å². The van der Waals surface area contributed by atoms with Crippen LogP contribution in [0.2, 0.25) is 5.02 Å². The van der Waals surface area contributed by atoms with E-state index in [4.69, 9.17) is 11.6 Å². The fourth-order valence-corrected chi connectivity index (χ4v) is 4.30. The molecule has 6 heteroatoms. The van der Waals surface area contributed by atoms with E-state index in [-0.39, 0.29) is 17.7 Å². The van der Waals surface area contributed by atoms with Crippen LogP contribution in [0.1, 0.15) is 23.2 Å². The number of benzene rings is 1. The smallest absolute Gasteiger partial charge is 0.255 e. The summed E-state index contributed by atoms with van der Waals surface area (Å²) in [6.45, 7) is 2.98. The highest BCUT2D eigenvalue weighted by atomic mass is 35.5. The zero-order valence-electron chi connectivity index (χ0n) is 13.0. The van der Waals surface area contributed by atoms with E-state index in [0.29, 0.717) is 23.7 Å². The van der Waals surface area contributed by atoms with Crippen molar-refractivity contribution in [2.45, 2.75) is 12.8 Å². The number of carbonyl (C=O) groups is 2. The number of likely N-dealkylation sites (tertiary alicyclic amines) is 1. The Labute approximate surface area is 146 Å². The Bertz CT molecular complexity index is 582. The minimum absolute atomic E-state index is 0.0316. The van der Waals surface area contributed by atoms with E-state index in [0.717, 1.165) is 37.4 Å². The van der Waals surface area contributed by atoms with Crippen LogP contribution in [0.3, 0.4) is 0 Å². The second-order valence-corrected chi connectivity index (χ2v) is 7.62. The Hall–Kier alpha value is -1.20. The third-order valence-corrected chi connectivity index (χ3v) is 5.83. The standard InChI is InChI=1S/C17H21ClN2O2S/c18-15-4-2-1-3-14(15)17(22)19-7-5-13(6-8-19)16(21)20-9-11-23-12-10-20/h1-4,13H,5-12H2. The van der Waals surface area contributed by atoms with Gasteiger partial charge in [-0.05, 0) is 25.0 Å². The van der Waals surface area contributed by atoms with Gasteiger partial charge in [-0.15, -0.1) is 0 Å². The van der Waals surface area contributed by atoms with Crippen molar-refractivity contribution in [3.63, 3.8) is 0 Å². The lowest BCUT2D eigenvalue weighted by Crippen LogP contribution is -2.46. The Morgan fingerprint density at radius 2 is 1.65 bits per heavy atom. The Morgan fingerprint density at radius 1 is 1.00 bits per heavy atom. The molecule has 2 amide bonds. The maximum Gasteiger partial charge on any atom is 0.255 e. The summed E-state index contributed by atoms with van der Waals surface area (Å²) in [5.74, 6) is 2.38. The van der Waals surface area contributed by atoms with Crippen molar-refractivity contribution >= 4 is 35.2 Å². The van der Waals surface area contributed by atoms with Gasteiger partial charge in [0, 0.05) is 43.6 Å². The quantitative estimate of drug-likeness (QED) is 0.821. The van der Waals surface area contributed by atoms with Gasteiger partial charge in [-0.25, -0.2) is 0 Å². The number of amides is 2. The second kappa shape index (κ2) is 7.58. The highest BCUT2D eigenvalue weighted by molar-refractivity contribution is 7.99. The molecule has 0 bridgehead atoms. The maximum absolute atomic E-state index is 12.5. The molecule has 23 heavy (non-hydrogen) atoms. The topological polar surface area (TPSA) is 40.6 Å². The van der Waals surface area contributed by atoms with Crippen LogP contribution >= 0.6 is 23.4 Å². The molecule has 0 aromatic heterocycles. The molecule has 0 saturated carbocycles. The van der Waals surface area contributed by atoms with Crippen molar-refractivity contribution in [2.75, 3.05) is 37.7 Å². The summed E-state index contributed by atoms with van der Waals surface area (Å²) < 4.78 is 0. The normalized spacial score (nSPS) is 19.7. The molecule has 0 N–H and O–H groups in total. The number of rotatable bonds is 2. The monoisotopic (exact) mass is 352 g/mol. The molecule has 0 aliphatic carbocycles. The van der Waals surface area contributed by atoms with Gasteiger partial charge >= 0.3 is 0 Å². The lowest BCUT2D eigenvalue weighted by Gasteiger charge is -2.35. The minimum Gasteiger partial charge on any atom is -0.341 e. The number of halogens is 1. The molecule has 2 fully saturated rings. The first-order valence-electron chi connectivity index (χ1n) is 8.07. The van der Waals surface area contributed by atoms with Crippen molar-refractivity contribution in [1.29, 1.82) is 0 Å². The predicted octanol–water partition coefficient (Wildman–Crippen LogP) is 2.77. The molecule has 4 nitrogen and oxygen atoms in total. The van der Waals surface area contributed by atoms with E-state index >= 15 is 0 Å². The first kappa shape index (κ1) is 16.7. The summed E-state index contributed by atoms with van der Waals surface area (Å²) in [6, 6.07) is 7.14. The Morgan fingerprint density at radius 3 is 2.30 bits per heavy atom. The van der Waals surface area contributed by atoms with Gasteiger partial charge in [0.1, 0.15) is 0 Å². The average Bonchev–Trinajstić information content (AvgIpc) is 2.62. The SMILES string of the molecule is O=C(c1ccccc1Cl)N1CCC(C(=O)N2CCSCC2)CC1. The van der Waals surface area contributed by atoms with Crippen LogP contribution in [0.5, 0.6) is 0 Å². The third-order valence-electron chi connectivity index (χ3n) is 4.56. The molecule has 0 atom stereocenters. The number of thioether (sulfide) groups is 1. The van der Waals surface area contributed by atoms with Crippen molar-refractivity contribution in [3.05, 3.63) is 34.9 Å². The summed E-state index contributed by atoms with van der Waals surface area (Å²) in [5, 5.41) is 0.488. The first-order valence-corrected chi connectivity index (χ1v) is 9.60. The van der Waals surface area contributed by atoms with Gasteiger partial charge < -0.3 is 9.80 Å². The Kier molecular flexibility index (Phi) is 5.49. The van der Waals surface area contributed by atoms with Crippen LogP contribution in [0, 0.1) is 5.92 Å². The molecule has 2 aliphatic rings. The van der Waals surface area contributed by atoms with Crippen molar-refractivity contribution in [1.82, 2.24) is 9.80 Å². The molecule has 2 heterocycles. The fraction of sp³-hybridized carbons (Fsp3) is 0.529. The molecule has 1 aromatic carbocycles. The van der Waals surface area contributed by atoms with E-state index in [2.05, 4.69) is 0 Å². The van der Waals surface area contributed by atoms with E-state index in [1.165, 1.54) is 0 Å². The van der Waals surface area contributed by atoms with E-state index < -0.39 is 0 Å². The summed E-state index contributed by atoms with van der Waals surface area (Å²) in [4.78, 5) is 28.9. The van der Waals surface area contributed by atoms with Crippen LogP contribution < -0.4 is 0 Å². The van der Waals surface area contributed by atoms with Gasteiger partial charge in [0.15, 0.2) is 0 Å². The van der Waals surface area contributed by atoms with Crippen LogP contribution in [-0.2, 0) is 4.79 Å². The second-order valence-electron chi connectivity index (χ2n) is 5.98. The van der Waals surface area contributed by atoms with E-state index in [1.807, 2.05) is 33.7 Å². The van der Waals surface area contributed by atoms with Gasteiger partial charge in [0.25, 0.3) is 5.91 Å². The van der Waals surface area contributed by atoms with Crippen molar-refractivity contribution < 1.29 is 9.59 Å². The molecule has 3 rings (SSSR count). The number of hydrogen-bond acceptors (Lipinski definition) is 3. The summed E-state index contributed by atoms with van der Waals surface area (Å²) in [6.07, 6.45) is 1.50. The van der Waals surface area contributed by atoms with E-state index in [9.17, 15) is 9.59 Å². The molecule has 2 saturated heterocycles. The summed E-state index contributed by atoms with van der Waals surface area (Å²) >= 11 is 8.02.